The number of aromatic hydroxyl groups is 1. The molecule has 0 bridgehead atoms. The fraction of sp³-hybridized carbons (Fsp3) is 0.350. The fourth-order valence-corrected chi connectivity index (χ4v) is 2.54. The number of phenolic OH excluding ortho intramolecular Hbond substituents is 1. The zero-order chi connectivity index (χ0) is 19.8. The van der Waals surface area contributed by atoms with Gasteiger partial charge in [-0.1, -0.05) is 6.07 Å². The fourth-order valence-electron chi connectivity index (χ4n) is 2.54. The van der Waals surface area contributed by atoms with Gasteiger partial charge in [-0.25, -0.2) is 9.38 Å². The summed E-state index contributed by atoms with van der Waals surface area (Å²) in [6, 6.07) is 9.66. The number of halogens is 1. The van der Waals surface area contributed by atoms with Gasteiger partial charge in [0.05, 0.1) is 26.8 Å². The molecular weight excluding hydrogens is 349 g/mol. The summed E-state index contributed by atoms with van der Waals surface area (Å²) in [5.41, 5.74) is 1.41. The highest BCUT2D eigenvalue weighted by atomic mass is 19.1. The molecule has 0 spiro atoms. The van der Waals surface area contributed by atoms with E-state index < -0.39 is 5.82 Å². The van der Waals surface area contributed by atoms with Crippen molar-refractivity contribution in [2.24, 2.45) is 4.99 Å². The number of guanidine groups is 1. The van der Waals surface area contributed by atoms with Gasteiger partial charge in [0.15, 0.2) is 17.5 Å². The second kappa shape index (κ2) is 9.66. The minimum atomic E-state index is -0.410. The first-order chi connectivity index (χ1) is 13.0. The summed E-state index contributed by atoms with van der Waals surface area (Å²) in [5, 5.41) is 16.4. The molecular formula is C20H26FN3O3. The van der Waals surface area contributed by atoms with Crippen molar-refractivity contribution in [3.05, 3.63) is 53.3 Å². The van der Waals surface area contributed by atoms with Crippen LogP contribution < -0.4 is 20.1 Å². The zero-order valence-corrected chi connectivity index (χ0v) is 16.0. The number of ether oxygens (including phenoxy) is 2. The number of nitrogens with zero attached hydrogens (tertiary/aromatic N) is 1. The monoisotopic (exact) mass is 375 g/mol. The van der Waals surface area contributed by atoms with E-state index in [9.17, 15) is 9.50 Å². The summed E-state index contributed by atoms with van der Waals surface area (Å²) in [6.45, 7) is 4.80. The molecule has 0 fully saturated rings. The highest BCUT2D eigenvalue weighted by molar-refractivity contribution is 5.80. The maximum Gasteiger partial charge on any atom is 0.192 e. The van der Waals surface area contributed by atoms with Crippen LogP contribution in [0.15, 0.2) is 41.4 Å². The Hall–Kier alpha value is -2.96. The largest absolute Gasteiger partial charge is 0.508 e. The van der Waals surface area contributed by atoms with E-state index in [1.54, 1.807) is 37.4 Å². The molecule has 0 aliphatic heterocycles. The molecule has 0 amide bonds. The number of nitrogens with one attached hydrogen (secondary N) is 2. The molecule has 0 saturated heterocycles. The summed E-state index contributed by atoms with van der Waals surface area (Å²) in [7, 11) is 3.00. The number of phenols is 1. The van der Waals surface area contributed by atoms with Crippen LogP contribution in [-0.2, 0) is 6.54 Å². The molecule has 0 aromatic heterocycles. The van der Waals surface area contributed by atoms with Crippen LogP contribution in [0.4, 0.5) is 4.39 Å². The van der Waals surface area contributed by atoms with Crippen LogP contribution in [0, 0.1) is 5.82 Å². The predicted octanol–water partition coefficient (Wildman–Crippen LogP) is 3.36. The molecule has 0 saturated carbocycles. The van der Waals surface area contributed by atoms with Gasteiger partial charge in [0.1, 0.15) is 11.5 Å². The first kappa shape index (κ1) is 20.4. The third-order valence-corrected chi connectivity index (χ3v) is 4.07. The third kappa shape index (κ3) is 5.51. The minimum Gasteiger partial charge on any atom is -0.508 e. The van der Waals surface area contributed by atoms with E-state index in [0.717, 1.165) is 5.56 Å². The summed E-state index contributed by atoms with van der Waals surface area (Å²) in [6.07, 6.45) is 0. The Labute approximate surface area is 159 Å². The number of hydrogen-bond donors (Lipinski definition) is 3. The van der Waals surface area contributed by atoms with Crippen molar-refractivity contribution in [1.82, 2.24) is 10.6 Å². The van der Waals surface area contributed by atoms with Crippen LogP contribution in [0.2, 0.25) is 0 Å². The third-order valence-electron chi connectivity index (χ3n) is 4.07. The SMILES string of the molecule is CCNC(=NCc1cc(OC)ccc1O)NC(C)c1ccc(OC)c(F)c1. The summed E-state index contributed by atoms with van der Waals surface area (Å²) in [4.78, 5) is 4.50. The zero-order valence-electron chi connectivity index (χ0n) is 16.0. The molecule has 6 nitrogen and oxygen atoms in total. The Kier molecular flexibility index (Phi) is 7.28. The van der Waals surface area contributed by atoms with Gasteiger partial charge in [-0.3, -0.25) is 0 Å². The topological polar surface area (TPSA) is 75.1 Å². The predicted molar refractivity (Wildman–Crippen MR) is 104 cm³/mol. The van der Waals surface area contributed by atoms with Crippen LogP contribution in [0.1, 0.15) is 31.0 Å². The van der Waals surface area contributed by atoms with E-state index >= 15 is 0 Å². The van der Waals surface area contributed by atoms with Crippen molar-refractivity contribution < 1.29 is 19.0 Å². The van der Waals surface area contributed by atoms with Crippen LogP contribution in [0.5, 0.6) is 17.2 Å². The van der Waals surface area contributed by atoms with E-state index in [-0.39, 0.29) is 24.1 Å². The number of methoxy groups -OCH3 is 2. The van der Waals surface area contributed by atoms with E-state index in [4.69, 9.17) is 9.47 Å². The van der Waals surface area contributed by atoms with Crippen molar-refractivity contribution in [3.8, 4) is 17.2 Å². The van der Waals surface area contributed by atoms with Gasteiger partial charge in [-0.05, 0) is 49.7 Å². The Morgan fingerprint density at radius 1 is 1.19 bits per heavy atom. The van der Waals surface area contributed by atoms with Crippen molar-refractivity contribution in [1.29, 1.82) is 0 Å². The van der Waals surface area contributed by atoms with Crippen LogP contribution >= 0.6 is 0 Å². The summed E-state index contributed by atoms with van der Waals surface area (Å²) >= 11 is 0. The Morgan fingerprint density at radius 3 is 2.59 bits per heavy atom. The molecule has 2 aromatic rings. The number of benzene rings is 2. The van der Waals surface area contributed by atoms with Crippen molar-refractivity contribution in [2.75, 3.05) is 20.8 Å². The lowest BCUT2D eigenvalue weighted by Gasteiger charge is -2.19. The average molecular weight is 375 g/mol. The minimum absolute atomic E-state index is 0.153. The molecule has 2 aromatic carbocycles. The maximum atomic E-state index is 13.9. The maximum absolute atomic E-state index is 13.9. The molecule has 0 aliphatic rings. The lowest BCUT2D eigenvalue weighted by Crippen LogP contribution is -2.38. The molecule has 2 rings (SSSR count). The lowest BCUT2D eigenvalue weighted by molar-refractivity contribution is 0.386. The van der Waals surface area contributed by atoms with Gasteiger partial charge in [0.25, 0.3) is 0 Å². The molecule has 3 N–H and O–H groups in total. The smallest absolute Gasteiger partial charge is 0.192 e. The second-order valence-corrected chi connectivity index (χ2v) is 5.95. The van der Waals surface area contributed by atoms with Crippen LogP contribution in [0.3, 0.4) is 0 Å². The number of aliphatic imine (C=N–C) groups is 1. The van der Waals surface area contributed by atoms with Crippen molar-refractivity contribution in [2.45, 2.75) is 26.4 Å². The van der Waals surface area contributed by atoms with Gasteiger partial charge >= 0.3 is 0 Å². The first-order valence-electron chi connectivity index (χ1n) is 8.72. The molecule has 0 radical (unpaired) electrons. The molecule has 0 aliphatic carbocycles. The average Bonchev–Trinajstić information content (AvgIpc) is 2.67. The Morgan fingerprint density at radius 2 is 1.96 bits per heavy atom. The normalized spacial score (nSPS) is 12.4. The van der Waals surface area contributed by atoms with E-state index in [1.165, 1.54) is 13.2 Å². The van der Waals surface area contributed by atoms with E-state index in [2.05, 4.69) is 15.6 Å². The van der Waals surface area contributed by atoms with Gasteiger partial charge < -0.3 is 25.2 Å². The van der Waals surface area contributed by atoms with Crippen LogP contribution in [-0.4, -0.2) is 31.8 Å². The molecule has 0 heterocycles. The number of rotatable bonds is 7. The molecule has 7 heteroatoms. The molecule has 27 heavy (non-hydrogen) atoms. The molecule has 146 valence electrons. The first-order valence-corrected chi connectivity index (χ1v) is 8.72. The van der Waals surface area contributed by atoms with E-state index in [1.807, 2.05) is 13.8 Å². The number of hydrogen-bond acceptors (Lipinski definition) is 4. The summed E-state index contributed by atoms with van der Waals surface area (Å²) < 4.78 is 24.1. The Bertz CT molecular complexity index is 796. The Balaban J connectivity index is 2.14. The molecule has 1 unspecified atom stereocenters. The standard InChI is InChI=1S/C20H26FN3O3/c1-5-22-20(23-12-15-10-16(26-3)7-8-18(15)25)24-13(2)14-6-9-19(27-4)17(21)11-14/h6-11,13,25H,5,12H2,1-4H3,(H2,22,23,24). The summed E-state index contributed by atoms with van der Waals surface area (Å²) in [5.74, 6) is 1.16. The van der Waals surface area contributed by atoms with Gasteiger partial charge in [-0.2, -0.15) is 0 Å². The van der Waals surface area contributed by atoms with Gasteiger partial charge in [-0.15, -0.1) is 0 Å². The van der Waals surface area contributed by atoms with Gasteiger partial charge in [0.2, 0.25) is 0 Å². The van der Waals surface area contributed by atoms with Crippen molar-refractivity contribution >= 4 is 5.96 Å². The van der Waals surface area contributed by atoms with Crippen molar-refractivity contribution in [3.63, 3.8) is 0 Å². The molecule has 1 atom stereocenters. The highest BCUT2D eigenvalue weighted by Gasteiger charge is 2.11. The lowest BCUT2D eigenvalue weighted by atomic mass is 10.1. The van der Waals surface area contributed by atoms with Crippen LogP contribution in [0.25, 0.3) is 0 Å². The second-order valence-electron chi connectivity index (χ2n) is 5.95. The quantitative estimate of drug-likeness (QED) is 0.511. The van der Waals surface area contributed by atoms with Gasteiger partial charge in [0, 0.05) is 12.1 Å². The highest BCUT2D eigenvalue weighted by Crippen LogP contribution is 2.24. The van der Waals surface area contributed by atoms with E-state index in [0.29, 0.717) is 23.8 Å².